The second-order valence-electron chi connectivity index (χ2n) is 5.45. The third-order valence-corrected chi connectivity index (χ3v) is 5.89. The van der Waals surface area contributed by atoms with Crippen LogP contribution < -0.4 is 10.6 Å². The second kappa shape index (κ2) is 7.02. The molecule has 0 aromatic heterocycles. The minimum atomic E-state index is -3.96. The molecule has 0 fully saturated rings. The second-order valence-corrected chi connectivity index (χ2v) is 7.72. The van der Waals surface area contributed by atoms with E-state index in [-0.39, 0.29) is 10.5 Å². The van der Waals surface area contributed by atoms with Crippen LogP contribution in [0.3, 0.4) is 0 Å². The lowest BCUT2D eigenvalue weighted by molar-refractivity contribution is -0.117. The molecule has 0 spiro atoms. The number of hydrogen-bond acceptors (Lipinski definition) is 4. The number of hydrogen-bond donors (Lipinski definition) is 1. The lowest BCUT2D eigenvalue weighted by Gasteiger charge is -2.22. The number of carbonyl (C=O) groups is 2. The summed E-state index contributed by atoms with van der Waals surface area (Å²) < 4.78 is 38.0. The van der Waals surface area contributed by atoms with Crippen molar-refractivity contribution >= 4 is 27.3 Å². The van der Waals surface area contributed by atoms with E-state index in [1.807, 2.05) is 0 Å². The molecule has 0 saturated carbocycles. The van der Waals surface area contributed by atoms with Crippen LogP contribution in [-0.2, 0) is 14.6 Å². The van der Waals surface area contributed by atoms with Gasteiger partial charge in [-0.3, -0.25) is 9.59 Å². The van der Waals surface area contributed by atoms with E-state index in [1.54, 1.807) is 0 Å². The first-order chi connectivity index (χ1) is 11.6. The first-order valence-electron chi connectivity index (χ1n) is 7.31. The van der Waals surface area contributed by atoms with E-state index in [4.69, 9.17) is 5.73 Å². The molecule has 0 bridgehead atoms. The van der Waals surface area contributed by atoms with E-state index in [0.717, 1.165) is 24.3 Å². The Hall–Kier alpha value is -2.74. The molecule has 2 aromatic carbocycles. The van der Waals surface area contributed by atoms with Crippen molar-refractivity contribution in [3.63, 3.8) is 0 Å². The summed E-state index contributed by atoms with van der Waals surface area (Å²) in [4.78, 5) is 24.6. The Bertz CT molecular complexity index is 893. The predicted octanol–water partition coefficient (Wildman–Crippen LogP) is 1.75. The lowest BCUT2D eigenvalue weighted by atomic mass is 10.2. The minimum Gasteiger partial charge on any atom is -0.366 e. The Morgan fingerprint density at radius 2 is 1.56 bits per heavy atom. The molecule has 2 amide bonds. The number of amides is 2. The van der Waals surface area contributed by atoms with Gasteiger partial charge in [-0.2, -0.15) is 0 Å². The van der Waals surface area contributed by atoms with Crippen molar-refractivity contribution in [1.82, 2.24) is 0 Å². The highest BCUT2D eigenvalue weighted by atomic mass is 32.2. The van der Waals surface area contributed by atoms with Crippen LogP contribution in [0.5, 0.6) is 0 Å². The molecule has 0 radical (unpaired) electrons. The normalized spacial score (nSPS) is 12.4. The molecule has 0 heterocycles. The highest BCUT2D eigenvalue weighted by molar-refractivity contribution is 7.92. The van der Waals surface area contributed by atoms with Crippen molar-refractivity contribution in [3.05, 3.63) is 59.9 Å². The van der Waals surface area contributed by atoms with Crippen LogP contribution in [0.25, 0.3) is 0 Å². The van der Waals surface area contributed by atoms with Crippen LogP contribution in [-0.4, -0.2) is 32.5 Å². The van der Waals surface area contributed by atoms with Gasteiger partial charge in [0.2, 0.25) is 11.8 Å². The molecule has 1 unspecified atom stereocenters. The summed E-state index contributed by atoms with van der Waals surface area (Å²) in [5.41, 5.74) is 5.84. The Balaban J connectivity index is 2.25. The molecule has 0 aliphatic heterocycles. The first kappa shape index (κ1) is 18.6. The number of benzene rings is 2. The highest BCUT2D eigenvalue weighted by Crippen LogP contribution is 2.21. The summed E-state index contributed by atoms with van der Waals surface area (Å²) in [6.45, 7) is 1.27. The van der Waals surface area contributed by atoms with Gasteiger partial charge in [-0.15, -0.1) is 0 Å². The summed E-state index contributed by atoms with van der Waals surface area (Å²) in [6, 6.07) is 10.2. The topological polar surface area (TPSA) is 97.5 Å². The number of primary amides is 1. The Labute approximate surface area is 145 Å². The van der Waals surface area contributed by atoms with Crippen molar-refractivity contribution in [1.29, 1.82) is 0 Å². The van der Waals surface area contributed by atoms with Crippen molar-refractivity contribution in [2.24, 2.45) is 5.73 Å². The molecular formula is C17H17FN2O4S. The Morgan fingerprint density at radius 1 is 1.04 bits per heavy atom. The molecule has 0 aliphatic rings. The summed E-state index contributed by atoms with van der Waals surface area (Å²) >= 11 is 0. The van der Waals surface area contributed by atoms with Gasteiger partial charge in [-0.25, -0.2) is 12.8 Å². The molecule has 2 aromatic rings. The fourth-order valence-electron chi connectivity index (χ4n) is 2.21. The number of nitrogens with two attached hydrogens (primary N) is 1. The molecule has 1 atom stereocenters. The smallest absolute Gasteiger partial charge is 0.248 e. The van der Waals surface area contributed by atoms with Crippen LogP contribution in [0.2, 0.25) is 0 Å². The quantitative estimate of drug-likeness (QED) is 0.817. The SMILES string of the molecule is CC(C(=O)N(C)c1ccc(C(N)=O)cc1)S(=O)(=O)c1ccc(F)cc1. The van der Waals surface area contributed by atoms with Crippen molar-refractivity contribution in [2.75, 3.05) is 11.9 Å². The van der Waals surface area contributed by atoms with E-state index < -0.39 is 32.7 Å². The van der Waals surface area contributed by atoms with Crippen molar-refractivity contribution in [2.45, 2.75) is 17.1 Å². The zero-order valence-corrected chi connectivity index (χ0v) is 14.5. The number of carbonyl (C=O) groups excluding carboxylic acids is 2. The molecule has 8 heteroatoms. The number of rotatable bonds is 5. The largest absolute Gasteiger partial charge is 0.366 e. The highest BCUT2D eigenvalue weighted by Gasteiger charge is 2.32. The predicted molar refractivity (Wildman–Crippen MR) is 91.4 cm³/mol. The maximum atomic E-state index is 13.0. The number of anilines is 1. The summed E-state index contributed by atoms with van der Waals surface area (Å²) in [6.07, 6.45) is 0. The number of halogens is 1. The molecule has 132 valence electrons. The van der Waals surface area contributed by atoms with E-state index in [1.165, 1.54) is 43.1 Å². The van der Waals surface area contributed by atoms with Crippen molar-refractivity contribution < 1.29 is 22.4 Å². The van der Waals surface area contributed by atoms with Gasteiger partial charge < -0.3 is 10.6 Å². The number of nitrogens with zero attached hydrogens (tertiary/aromatic N) is 1. The minimum absolute atomic E-state index is 0.132. The lowest BCUT2D eigenvalue weighted by Crippen LogP contribution is -2.39. The monoisotopic (exact) mass is 364 g/mol. The van der Waals surface area contributed by atoms with Gasteiger partial charge in [-0.05, 0) is 55.5 Å². The maximum absolute atomic E-state index is 13.0. The average Bonchev–Trinajstić information content (AvgIpc) is 2.60. The van der Waals surface area contributed by atoms with Gasteiger partial charge in [0.15, 0.2) is 9.84 Å². The van der Waals surface area contributed by atoms with Crippen LogP contribution >= 0.6 is 0 Å². The zero-order valence-electron chi connectivity index (χ0n) is 13.6. The summed E-state index contributed by atoms with van der Waals surface area (Å²) in [5, 5.41) is -1.36. The molecule has 2 rings (SSSR count). The zero-order chi connectivity index (χ0) is 18.8. The van der Waals surface area contributed by atoms with Gasteiger partial charge in [0.1, 0.15) is 11.1 Å². The van der Waals surface area contributed by atoms with Crippen LogP contribution in [0.4, 0.5) is 10.1 Å². The standard InChI is InChI=1S/C17H17FN2O4S/c1-11(25(23,24)15-9-5-13(18)6-10-15)17(22)20(2)14-7-3-12(4-8-14)16(19)21/h3-11H,1-2H3,(H2,19,21). The molecular weight excluding hydrogens is 347 g/mol. The van der Waals surface area contributed by atoms with Crippen LogP contribution in [0.1, 0.15) is 17.3 Å². The van der Waals surface area contributed by atoms with Crippen LogP contribution in [0.15, 0.2) is 53.4 Å². The summed E-state index contributed by atoms with van der Waals surface area (Å²) in [5.74, 6) is -1.83. The van der Waals surface area contributed by atoms with E-state index >= 15 is 0 Å². The van der Waals surface area contributed by atoms with Crippen LogP contribution in [0, 0.1) is 5.82 Å². The molecule has 0 aliphatic carbocycles. The third-order valence-electron chi connectivity index (χ3n) is 3.83. The molecule has 0 saturated heterocycles. The van der Waals surface area contributed by atoms with Crippen molar-refractivity contribution in [3.8, 4) is 0 Å². The fourth-order valence-corrected chi connectivity index (χ4v) is 3.56. The van der Waals surface area contributed by atoms with Gasteiger partial charge in [0, 0.05) is 18.3 Å². The Morgan fingerprint density at radius 3 is 2.04 bits per heavy atom. The van der Waals surface area contributed by atoms with Gasteiger partial charge in [-0.1, -0.05) is 0 Å². The fraction of sp³-hybridized carbons (Fsp3) is 0.176. The average molecular weight is 364 g/mol. The maximum Gasteiger partial charge on any atom is 0.248 e. The number of sulfone groups is 1. The van der Waals surface area contributed by atoms with E-state index in [2.05, 4.69) is 0 Å². The first-order valence-corrected chi connectivity index (χ1v) is 8.86. The third kappa shape index (κ3) is 3.85. The molecule has 2 N–H and O–H groups in total. The van der Waals surface area contributed by atoms with Gasteiger partial charge in [0.25, 0.3) is 0 Å². The van der Waals surface area contributed by atoms with E-state index in [0.29, 0.717) is 5.69 Å². The molecule has 25 heavy (non-hydrogen) atoms. The Kier molecular flexibility index (Phi) is 5.22. The van der Waals surface area contributed by atoms with E-state index in [9.17, 15) is 22.4 Å². The summed E-state index contributed by atoms with van der Waals surface area (Å²) in [7, 11) is -2.53. The van der Waals surface area contributed by atoms with Gasteiger partial charge in [0.05, 0.1) is 4.90 Å². The van der Waals surface area contributed by atoms with Gasteiger partial charge >= 0.3 is 0 Å². The molecule has 6 nitrogen and oxygen atoms in total.